The molecule has 1 amide bonds. The van der Waals surface area contributed by atoms with Gasteiger partial charge in [-0.2, -0.15) is 0 Å². The van der Waals surface area contributed by atoms with Gasteiger partial charge in [0.05, 0.1) is 7.11 Å². The molecule has 0 aliphatic carbocycles. The molecule has 204 valence electrons. The molecule has 4 unspecified atom stereocenters. The number of nitrogens with one attached hydrogen (secondary N) is 1. The lowest BCUT2D eigenvalue weighted by Gasteiger charge is -2.29. The number of rotatable bonds is 8. The van der Waals surface area contributed by atoms with Gasteiger partial charge >= 0.3 is 17.9 Å². The number of ether oxygens (including phenoxy) is 4. The maximum atomic E-state index is 13.3. The molecule has 1 aliphatic heterocycles. The number of hydrogen-bond acceptors (Lipinski definition) is 10. The van der Waals surface area contributed by atoms with Gasteiger partial charge in [0, 0.05) is 18.7 Å². The first-order valence-corrected chi connectivity index (χ1v) is 12.2. The number of cyclic esters (lactones) is 2. The van der Waals surface area contributed by atoms with Crippen molar-refractivity contribution in [1.82, 2.24) is 10.3 Å². The Morgan fingerprint density at radius 3 is 2.53 bits per heavy atom. The number of carbonyl (C=O) groups is 4. The predicted octanol–water partition coefficient (Wildman–Crippen LogP) is 2.20. The number of aromatic hydroxyl groups is 1. The van der Waals surface area contributed by atoms with E-state index in [0.29, 0.717) is 0 Å². The van der Waals surface area contributed by atoms with Crippen molar-refractivity contribution in [3.63, 3.8) is 0 Å². The molecule has 4 atom stereocenters. The first-order chi connectivity index (χ1) is 18.1. The maximum absolute atomic E-state index is 13.3. The second kappa shape index (κ2) is 12.9. The smallest absolute Gasteiger partial charge is 0.332 e. The molecular weight excluding hydrogens is 496 g/mol. The number of hydrogen-bond donors (Lipinski definition) is 2. The molecule has 2 heterocycles. The van der Waals surface area contributed by atoms with E-state index in [0.717, 1.165) is 5.56 Å². The van der Waals surface area contributed by atoms with Gasteiger partial charge in [0.1, 0.15) is 18.6 Å². The normalized spacial score (nSPS) is 21.8. The fourth-order valence-corrected chi connectivity index (χ4v) is 4.01. The second-order valence-electron chi connectivity index (χ2n) is 9.36. The average molecular weight is 529 g/mol. The third-order valence-electron chi connectivity index (χ3n) is 5.91. The lowest BCUT2D eigenvalue weighted by Crippen LogP contribution is -2.46. The van der Waals surface area contributed by atoms with Crippen molar-refractivity contribution in [3.8, 4) is 11.5 Å². The Kier molecular flexibility index (Phi) is 9.64. The Hall–Kier alpha value is -4.15. The van der Waals surface area contributed by atoms with Crippen molar-refractivity contribution in [1.29, 1.82) is 0 Å². The van der Waals surface area contributed by atoms with E-state index in [2.05, 4.69) is 10.3 Å². The molecular formula is C27H32N2O9. The fraction of sp³-hybridized carbons (Fsp3) is 0.444. The number of methoxy groups -OCH3 is 1. The molecule has 1 aliphatic rings. The van der Waals surface area contributed by atoms with Crippen LogP contribution >= 0.6 is 0 Å². The van der Waals surface area contributed by atoms with Crippen molar-refractivity contribution in [2.24, 2.45) is 11.8 Å². The largest absolute Gasteiger partial charge is 0.503 e. The number of aromatic nitrogens is 1. The maximum Gasteiger partial charge on any atom is 0.332 e. The van der Waals surface area contributed by atoms with Crippen LogP contribution < -0.4 is 10.1 Å². The van der Waals surface area contributed by atoms with E-state index in [9.17, 15) is 24.3 Å². The van der Waals surface area contributed by atoms with Gasteiger partial charge in [0.2, 0.25) is 0 Å². The van der Waals surface area contributed by atoms with Crippen LogP contribution in [0.15, 0.2) is 42.6 Å². The zero-order valence-electron chi connectivity index (χ0n) is 21.7. The highest BCUT2D eigenvalue weighted by atomic mass is 16.6. The Bertz CT molecular complexity index is 1150. The second-order valence-corrected chi connectivity index (χ2v) is 9.36. The van der Waals surface area contributed by atoms with E-state index >= 15 is 0 Å². The molecule has 11 heteroatoms. The highest BCUT2D eigenvalue weighted by molar-refractivity contribution is 5.98. The highest BCUT2D eigenvalue weighted by Gasteiger charge is 2.42. The van der Waals surface area contributed by atoms with Crippen LogP contribution in [0.1, 0.15) is 43.2 Å². The summed E-state index contributed by atoms with van der Waals surface area (Å²) >= 11 is 0. The summed E-state index contributed by atoms with van der Waals surface area (Å²) in [6.07, 6.45) is -0.640. The van der Waals surface area contributed by atoms with Gasteiger partial charge in [-0.3, -0.25) is 14.4 Å². The summed E-state index contributed by atoms with van der Waals surface area (Å²) in [6.45, 7) is 4.67. The van der Waals surface area contributed by atoms with E-state index in [1.807, 2.05) is 44.2 Å². The lowest BCUT2D eigenvalue weighted by atomic mass is 9.91. The molecule has 2 aromatic rings. The van der Waals surface area contributed by atoms with Crippen molar-refractivity contribution in [2.75, 3.05) is 13.7 Å². The van der Waals surface area contributed by atoms with Crippen LogP contribution in [0.3, 0.4) is 0 Å². The monoisotopic (exact) mass is 528 g/mol. The fourth-order valence-electron chi connectivity index (χ4n) is 4.01. The summed E-state index contributed by atoms with van der Waals surface area (Å²) < 4.78 is 21.6. The van der Waals surface area contributed by atoms with Crippen molar-refractivity contribution >= 4 is 23.8 Å². The quantitative estimate of drug-likeness (QED) is 0.385. The highest BCUT2D eigenvalue weighted by Crippen LogP contribution is 2.28. The van der Waals surface area contributed by atoms with Crippen LogP contribution in [-0.2, 0) is 35.0 Å². The Morgan fingerprint density at radius 1 is 1.16 bits per heavy atom. The van der Waals surface area contributed by atoms with Crippen LogP contribution in [0.4, 0.5) is 0 Å². The summed E-state index contributed by atoms with van der Waals surface area (Å²) in [5.41, 5.74) is 0.403. The van der Waals surface area contributed by atoms with Gasteiger partial charge in [-0.25, -0.2) is 9.78 Å². The van der Waals surface area contributed by atoms with Crippen LogP contribution in [-0.4, -0.2) is 65.9 Å². The van der Waals surface area contributed by atoms with Gasteiger partial charge in [0.15, 0.2) is 29.3 Å². The van der Waals surface area contributed by atoms with E-state index in [1.165, 1.54) is 26.3 Å². The Labute approximate surface area is 220 Å². The van der Waals surface area contributed by atoms with Gasteiger partial charge in [-0.05, 0) is 24.8 Å². The number of esters is 3. The minimum Gasteiger partial charge on any atom is -0.503 e. The number of pyridine rings is 1. The van der Waals surface area contributed by atoms with E-state index < -0.39 is 60.3 Å². The van der Waals surface area contributed by atoms with Crippen LogP contribution in [0.5, 0.6) is 11.5 Å². The minimum atomic E-state index is -1.41. The molecule has 38 heavy (non-hydrogen) atoms. The van der Waals surface area contributed by atoms with Gasteiger partial charge in [-0.15, -0.1) is 0 Å². The lowest BCUT2D eigenvalue weighted by molar-refractivity contribution is -0.174. The standard InChI is InChI=1S/C27H32N2O9/c1-15(2)12-21(30)38-24-16(3)37-27(34)19(29-25(32)22-23(31)20(35-4)10-11-28-22)14-36-26(33)18(24)13-17-8-6-5-7-9-17/h5-11,15-16,18-19,24,31H,12-14H2,1-4H3,(H,29,32). The first kappa shape index (κ1) is 28.4. The van der Waals surface area contributed by atoms with Crippen molar-refractivity contribution in [3.05, 3.63) is 53.9 Å². The molecule has 0 radical (unpaired) electrons. The van der Waals surface area contributed by atoms with Crippen molar-refractivity contribution < 1.29 is 43.2 Å². The van der Waals surface area contributed by atoms with Crippen LogP contribution in [0, 0.1) is 11.8 Å². The summed E-state index contributed by atoms with van der Waals surface area (Å²) in [4.78, 5) is 55.5. The number of nitrogens with zero attached hydrogens (tertiary/aromatic N) is 1. The topological polar surface area (TPSA) is 150 Å². The zero-order valence-corrected chi connectivity index (χ0v) is 21.7. The van der Waals surface area contributed by atoms with Crippen molar-refractivity contribution in [2.45, 2.75) is 51.9 Å². The molecule has 1 fully saturated rings. The first-order valence-electron chi connectivity index (χ1n) is 12.2. The summed E-state index contributed by atoms with van der Waals surface area (Å²) in [7, 11) is 1.31. The van der Waals surface area contributed by atoms with E-state index in [-0.39, 0.29) is 30.2 Å². The molecule has 2 N–H and O–H groups in total. The molecule has 1 saturated heterocycles. The molecule has 0 bridgehead atoms. The SMILES string of the molecule is COc1ccnc(C(=O)NC2COC(=O)C(Cc3ccccc3)C(OC(=O)CC(C)C)C(C)OC2=O)c1O. The molecule has 1 aromatic carbocycles. The third-order valence-corrected chi connectivity index (χ3v) is 5.91. The van der Waals surface area contributed by atoms with Crippen LogP contribution in [0.25, 0.3) is 0 Å². The minimum absolute atomic E-state index is 0.0112. The van der Waals surface area contributed by atoms with Crippen LogP contribution in [0.2, 0.25) is 0 Å². The summed E-state index contributed by atoms with van der Waals surface area (Å²) in [5, 5.41) is 12.6. The number of benzene rings is 1. The van der Waals surface area contributed by atoms with E-state index in [1.54, 1.807) is 0 Å². The van der Waals surface area contributed by atoms with Gasteiger partial charge in [0.25, 0.3) is 5.91 Å². The zero-order chi connectivity index (χ0) is 27.8. The summed E-state index contributed by atoms with van der Waals surface area (Å²) in [6, 6.07) is 9.04. The number of carbonyl (C=O) groups excluding carboxylic acids is 4. The molecule has 0 saturated carbocycles. The van der Waals surface area contributed by atoms with E-state index in [4.69, 9.17) is 18.9 Å². The molecule has 11 nitrogen and oxygen atoms in total. The molecule has 3 rings (SSSR count). The third kappa shape index (κ3) is 7.21. The Morgan fingerprint density at radius 2 is 1.87 bits per heavy atom. The van der Waals surface area contributed by atoms with Gasteiger partial charge in [-0.1, -0.05) is 44.2 Å². The predicted molar refractivity (Wildman–Crippen MR) is 133 cm³/mol. The average Bonchev–Trinajstić information content (AvgIpc) is 2.91. The van der Waals surface area contributed by atoms with Gasteiger partial charge < -0.3 is 29.4 Å². The number of amides is 1. The Balaban J connectivity index is 1.86. The molecule has 0 spiro atoms. The molecule has 1 aromatic heterocycles. The summed E-state index contributed by atoms with van der Waals surface area (Å²) in [5.74, 6) is -4.55.